The van der Waals surface area contributed by atoms with Crippen molar-refractivity contribution in [2.45, 2.75) is 52.3 Å². The van der Waals surface area contributed by atoms with E-state index in [9.17, 15) is 10.2 Å². The van der Waals surface area contributed by atoms with Crippen LogP contribution in [0.1, 0.15) is 38.3 Å². The number of benzene rings is 1. The summed E-state index contributed by atoms with van der Waals surface area (Å²) in [5.41, 5.74) is 2.26. The third-order valence-corrected chi connectivity index (χ3v) is 4.81. The normalized spacial score (nSPS) is 12.9. The van der Waals surface area contributed by atoms with Crippen LogP contribution in [0.25, 0.3) is 11.2 Å². The molecule has 2 heterocycles. The molecule has 1 unspecified atom stereocenters. The third kappa shape index (κ3) is 4.17. The summed E-state index contributed by atoms with van der Waals surface area (Å²) in [6, 6.07) is 5.28. The van der Waals surface area contributed by atoms with Gasteiger partial charge < -0.3 is 25.4 Å². The highest BCUT2D eigenvalue weighted by Gasteiger charge is 2.26. The summed E-state index contributed by atoms with van der Waals surface area (Å²) < 4.78 is 1.82. The average Bonchev–Trinajstić information content (AvgIpc) is 3.00. The molecule has 0 saturated carbocycles. The van der Waals surface area contributed by atoms with Crippen molar-refractivity contribution in [3.05, 3.63) is 35.7 Å². The van der Waals surface area contributed by atoms with Gasteiger partial charge in [0, 0.05) is 19.2 Å². The summed E-state index contributed by atoms with van der Waals surface area (Å²) in [7, 11) is 1.87. The predicted molar refractivity (Wildman–Crippen MR) is 110 cm³/mol. The van der Waals surface area contributed by atoms with Crippen LogP contribution >= 0.6 is 0 Å². The van der Waals surface area contributed by atoms with Crippen LogP contribution in [-0.2, 0) is 13.6 Å². The molecule has 150 valence electrons. The number of rotatable bonds is 7. The van der Waals surface area contributed by atoms with Gasteiger partial charge in [0.1, 0.15) is 5.75 Å². The van der Waals surface area contributed by atoms with Crippen LogP contribution in [0.3, 0.4) is 0 Å². The van der Waals surface area contributed by atoms with E-state index in [1.54, 1.807) is 26.2 Å². The SMILES string of the molecule is CCC(Nc1nc(NCc2cc(C)ccc2O)c2ncn(C)c2n1)C(C)(C)O. The zero-order chi connectivity index (χ0) is 20.5. The molecule has 8 nitrogen and oxygen atoms in total. The van der Waals surface area contributed by atoms with Crippen molar-refractivity contribution in [3.8, 4) is 5.75 Å². The van der Waals surface area contributed by atoms with E-state index in [4.69, 9.17) is 0 Å². The van der Waals surface area contributed by atoms with Gasteiger partial charge in [-0.2, -0.15) is 9.97 Å². The lowest BCUT2D eigenvalue weighted by molar-refractivity contribution is 0.0577. The molecule has 0 bridgehead atoms. The van der Waals surface area contributed by atoms with Crippen molar-refractivity contribution in [2.24, 2.45) is 7.05 Å². The Bertz CT molecular complexity index is 977. The number of hydrogen-bond donors (Lipinski definition) is 4. The van der Waals surface area contributed by atoms with Gasteiger partial charge in [-0.15, -0.1) is 0 Å². The van der Waals surface area contributed by atoms with Gasteiger partial charge in [0.05, 0.1) is 18.0 Å². The molecule has 3 rings (SSSR count). The van der Waals surface area contributed by atoms with Crippen molar-refractivity contribution in [1.29, 1.82) is 0 Å². The summed E-state index contributed by atoms with van der Waals surface area (Å²) in [6.45, 7) is 7.90. The molecule has 0 spiro atoms. The molecule has 0 aliphatic heterocycles. The number of fused-ring (bicyclic) bond motifs is 1. The lowest BCUT2D eigenvalue weighted by Gasteiger charge is -2.29. The predicted octanol–water partition coefficient (Wildman–Crippen LogP) is 2.95. The molecule has 0 radical (unpaired) electrons. The van der Waals surface area contributed by atoms with E-state index in [0.717, 1.165) is 17.5 Å². The van der Waals surface area contributed by atoms with Gasteiger partial charge >= 0.3 is 0 Å². The number of aryl methyl sites for hydroxylation is 2. The number of imidazole rings is 1. The Morgan fingerprint density at radius 2 is 2.00 bits per heavy atom. The summed E-state index contributed by atoms with van der Waals surface area (Å²) in [5, 5.41) is 27.0. The van der Waals surface area contributed by atoms with E-state index < -0.39 is 5.60 Å². The van der Waals surface area contributed by atoms with Crippen LogP contribution in [0.4, 0.5) is 11.8 Å². The molecule has 28 heavy (non-hydrogen) atoms. The van der Waals surface area contributed by atoms with E-state index in [1.165, 1.54) is 0 Å². The molecular formula is C20H28N6O2. The van der Waals surface area contributed by atoms with Crippen LogP contribution in [0.15, 0.2) is 24.5 Å². The third-order valence-electron chi connectivity index (χ3n) is 4.81. The first-order valence-electron chi connectivity index (χ1n) is 9.39. The van der Waals surface area contributed by atoms with Crippen LogP contribution < -0.4 is 10.6 Å². The number of aromatic hydroxyl groups is 1. The highest BCUT2D eigenvalue weighted by Crippen LogP contribution is 2.25. The Balaban J connectivity index is 1.93. The number of phenolic OH excluding ortho intramolecular Hbond substituents is 1. The first-order chi connectivity index (χ1) is 13.2. The van der Waals surface area contributed by atoms with Gasteiger partial charge in [-0.05, 0) is 33.3 Å². The van der Waals surface area contributed by atoms with Crippen molar-refractivity contribution < 1.29 is 10.2 Å². The molecule has 1 aromatic carbocycles. The highest BCUT2D eigenvalue weighted by atomic mass is 16.3. The number of nitrogens with zero attached hydrogens (tertiary/aromatic N) is 4. The summed E-state index contributed by atoms with van der Waals surface area (Å²) in [6.07, 6.45) is 2.40. The fourth-order valence-electron chi connectivity index (χ4n) is 3.16. The average molecular weight is 384 g/mol. The Hall–Kier alpha value is -2.87. The molecule has 0 aliphatic rings. The van der Waals surface area contributed by atoms with E-state index in [0.29, 0.717) is 29.5 Å². The van der Waals surface area contributed by atoms with Gasteiger partial charge in [-0.1, -0.05) is 24.6 Å². The number of aliphatic hydroxyl groups is 1. The molecular weight excluding hydrogens is 356 g/mol. The lowest BCUT2D eigenvalue weighted by Crippen LogP contribution is -2.41. The first-order valence-corrected chi connectivity index (χ1v) is 9.39. The van der Waals surface area contributed by atoms with Gasteiger partial charge in [0.2, 0.25) is 5.95 Å². The lowest BCUT2D eigenvalue weighted by atomic mass is 9.97. The first kappa shape index (κ1) is 19.9. The molecule has 3 aromatic rings. The number of anilines is 2. The van der Waals surface area contributed by atoms with Crippen LogP contribution in [-0.4, -0.2) is 41.4 Å². The zero-order valence-electron chi connectivity index (χ0n) is 17.0. The van der Waals surface area contributed by atoms with Gasteiger partial charge in [-0.25, -0.2) is 4.98 Å². The Kier molecular flexibility index (Phi) is 5.42. The zero-order valence-corrected chi connectivity index (χ0v) is 17.0. The van der Waals surface area contributed by atoms with Crippen molar-refractivity contribution in [2.75, 3.05) is 10.6 Å². The maximum atomic E-state index is 10.4. The van der Waals surface area contributed by atoms with Crippen LogP contribution in [0, 0.1) is 6.92 Å². The second kappa shape index (κ2) is 7.63. The van der Waals surface area contributed by atoms with Crippen molar-refractivity contribution >= 4 is 22.9 Å². The van der Waals surface area contributed by atoms with Gasteiger partial charge in [-0.3, -0.25) is 0 Å². The Morgan fingerprint density at radius 3 is 2.68 bits per heavy atom. The largest absolute Gasteiger partial charge is 0.508 e. The summed E-state index contributed by atoms with van der Waals surface area (Å²) in [4.78, 5) is 13.5. The topological polar surface area (TPSA) is 108 Å². The molecule has 0 saturated heterocycles. The molecule has 2 aromatic heterocycles. The molecule has 0 amide bonds. The quantitative estimate of drug-likeness (QED) is 0.496. The van der Waals surface area contributed by atoms with Gasteiger partial charge in [0.15, 0.2) is 17.0 Å². The number of hydrogen-bond acceptors (Lipinski definition) is 7. The van der Waals surface area contributed by atoms with E-state index in [1.807, 2.05) is 37.6 Å². The maximum Gasteiger partial charge on any atom is 0.227 e. The minimum atomic E-state index is -0.916. The minimum Gasteiger partial charge on any atom is -0.508 e. The maximum absolute atomic E-state index is 10.4. The van der Waals surface area contributed by atoms with E-state index in [-0.39, 0.29) is 11.8 Å². The molecule has 4 N–H and O–H groups in total. The second-order valence-corrected chi connectivity index (χ2v) is 7.67. The van der Waals surface area contributed by atoms with Gasteiger partial charge in [0.25, 0.3) is 0 Å². The number of phenols is 1. The molecule has 8 heteroatoms. The Morgan fingerprint density at radius 1 is 1.25 bits per heavy atom. The smallest absolute Gasteiger partial charge is 0.227 e. The highest BCUT2D eigenvalue weighted by molar-refractivity contribution is 5.84. The molecule has 1 atom stereocenters. The van der Waals surface area contributed by atoms with Crippen molar-refractivity contribution in [1.82, 2.24) is 19.5 Å². The second-order valence-electron chi connectivity index (χ2n) is 7.67. The molecule has 0 aliphatic carbocycles. The number of aromatic nitrogens is 4. The summed E-state index contributed by atoms with van der Waals surface area (Å²) in [5.74, 6) is 1.22. The molecule has 0 fully saturated rings. The van der Waals surface area contributed by atoms with Crippen LogP contribution in [0.5, 0.6) is 5.75 Å². The van der Waals surface area contributed by atoms with E-state index in [2.05, 4.69) is 25.6 Å². The monoisotopic (exact) mass is 384 g/mol. The van der Waals surface area contributed by atoms with Crippen molar-refractivity contribution in [3.63, 3.8) is 0 Å². The number of nitrogens with one attached hydrogen (secondary N) is 2. The van der Waals surface area contributed by atoms with Crippen LogP contribution in [0.2, 0.25) is 0 Å². The Labute approximate surface area is 164 Å². The fourth-order valence-corrected chi connectivity index (χ4v) is 3.16. The summed E-state index contributed by atoms with van der Waals surface area (Å²) >= 11 is 0. The van der Waals surface area contributed by atoms with E-state index >= 15 is 0 Å². The standard InChI is InChI=1S/C20H28N6O2/c1-6-15(20(3,4)28)23-19-24-17(16-18(25-19)26(5)11-22-16)21-10-13-9-12(2)7-8-14(13)27/h7-9,11,15,27-28H,6,10H2,1-5H3,(H2,21,23,24,25). The fraction of sp³-hybridized carbons (Fsp3) is 0.450. The minimum absolute atomic E-state index is 0.202.